The van der Waals surface area contributed by atoms with Gasteiger partial charge in [-0.15, -0.1) is 0 Å². The summed E-state index contributed by atoms with van der Waals surface area (Å²) in [6.45, 7) is -0.372. The maximum absolute atomic E-state index is 12.0. The van der Waals surface area contributed by atoms with Gasteiger partial charge < -0.3 is 21.3 Å². The Morgan fingerprint density at radius 1 is 1.29 bits per heavy atom. The molecule has 0 aliphatic carbocycles. The van der Waals surface area contributed by atoms with E-state index in [4.69, 9.17) is 16.2 Å². The molecular formula is C14H19N5O5. The first-order chi connectivity index (χ1) is 11.3. The highest BCUT2D eigenvalue weighted by molar-refractivity contribution is 5.94. The number of amides is 3. The number of nitrogens with one attached hydrogen (secondary N) is 1. The van der Waals surface area contributed by atoms with Crippen molar-refractivity contribution in [1.29, 1.82) is 0 Å². The number of aliphatic imine (C=N–C) groups is 1. The molecule has 0 spiro atoms. The number of rotatable bonds is 6. The number of carbonyl (C=O) groups excluding carboxylic acids is 2. The summed E-state index contributed by atoms with van der Waals surface area (Å²) in [6, 6.07) is 6.68. The molecule has 1 atom stereocenters. The van der Waals surface area contributed by atoms with Crippen LogP contribution in [-0.4, -0.2) is 53.7 Å². The predicted octanol–water partition coefficient (Wildman–Crippen LogP) is -0.309. The summed E-state index contributed by atoms with van der Waals surface area (Å²) in [4.78, 5) is 38.4. The molecule has 0 saturated carbocycles. The van der Waals surface area contributed by atoms with Crippen molar-refractivity contribution in [2.45, 2.75) is 12.6 Å². The van der Waals surface area contributed by atoms with Crippen molar-refractivity contribution in [2.24, 2.45) is 16.5 Å². The first kappa shape index (κ1) is 18.7. The third-order valence-electron chi connectivity index (χ3n) is 2.93. The minimum absolute atomic E-state index is 0.00495. The van der Waals surface area contributed by atoms with Crippen LogP contribution in [0.3, 0.4) is 0 Å². The fraction of sp³-hybridized carbons (Fsp3) is 0.286. The quantitative estimate of drug-likeness (QED) is 0.411. The third kappa shape index (κ3) is 6.22. The van der Waals surface area contributed by atoms with Gasteiger partial charge in [0.1, 0.15) is 6.61 Å². The molecule has 0 aliphatic rings. The molecule has 1 aromatic rings. The Kier molecular flexibility index (Phi) is 7.01. The number of nitrogens with zero attached hydrogens (tertiary/aromatic N) is 2. The Labute approximate surface area is 138 Å². The number of hydrogen-bond donors (Lipinski definition) is 4. The lowest BCUT2D eigenvalue weighted by Gasteiger charge is -2.23. The Hall–Kier alpha value is -3.30. The molecule has 10 heteroatoms. The van der Waals surface area contributed by atoms with Gasteiger partial charge in [0.15, 0.2) is 12.0 Å². The number of nitrogens with two attached hydrogens (primary N) is 2. The number of urea groups is 1. The van der Waals surface area contributed by atoms with E-state index in [1.54, 1.807) is 24.3 Å². The molecular weight excluding hydrogens is 318 g/mol. The molecule has 0 fully saturated rings. The number of carboxylic acid groups (broad SMARTS) is 1. The summed E-state index contributed by atoms with van der Waals surface area (Å²) in [5, 5.41) is 11.2. The van der Waals surface area contributed by atoms with Crippen LogP contribution in [0.1, 0.15) is 5.56 Å². The summed E-state index contributed by atoms with van der Waals surface area (Å²) in [7, 11) is 1.26. The van der Waals surface area contributed by atoms with Crippen molar-refractivity contribution >= 4 is 24.1 Å². The van der Waals surface area contributed by atoms with E-state index < -0.39 is 24.1 Å². The van der Waals surface area contributed by atoms with Crippen LogP contribution in [0.25, 0.3) is 0 Å². The van der Waals surface area contributed by atoms with Gasteiger partial charge in [-0.3, -0.25) is 15.2 Å². The SMILES string of the molecule is CN(C(=O)OCc1ccccc1)C(CN=C(N)NC(N)=O)C(=O)O. The van der Waals surface area contributed by atoms with E-state index in [0.29, 0.717) is 0 Å². The van der Waals surface area contributed by atoms with Crippen molar-refractivity contribution in [3.05, 3.63) is 35.9 Å². The Morgan fingerprint density at radius 2 is 1.92 bits per heavy atom. The van der Waals surface area contributed by atoms with Gasteiger partial charge in [0.25, 0.3) is 0 Å². The lowest BCUT2D eigenvalue weighted by molar-refractivity contribution is -0.141. The maximum Gasteiger partial charge on any atom is 0.410 e. The number of primary amides is 1. The number of carboxylic acids is 1. The van der Waals surface area contributed by atoms with E-state index >= 15 is 0 Å². The normalized spacial score (nSPS) is 12.1. The zero-order valence-corrected chi connectivity index (χ0v) is 13.0. The van der Waals surface area contributed by atoms with Crippen molar-refractivity contribution in [3.8, 4) is 0 Å². The molecule has 0 saturated heterocycles. The first-order valence-corrected chi connectivity index (χ1v) is 6.84. The monoisotopic (exact) mass is 337 g/mol. The van der Waals surface area contributed by atoms with Crippen LogP contribution in [0.4, 0.5) is 9.59 Å². The molecule has 10 nitrogen and oxygen atoms in total. The van der Waals surface area contributed by atoms with Gasteiger partial charge in [-0.25, -0.2) is 14.4 Å². The Balaban J connectivity index is 2.64. The number of aliphatic carboxylic acids is 1. The number of ether oxygens (including phenoxy) is 1. The lowest BCUT2D eigenvalue weighted by Crippen LogP contribution is -2.46. The fourth-order valence-electron chi connectivity index (χ4n) is 1.67. The molecule has 1 unspecified atom stereocenters. The van der Waals surface area contributed by atoms with E-state index in [0.717, 1.165) is 10.5 Å². The van der Waals surface area contributed by atoms with Gasteiger partial charge in [-0.1, -0.05) is 30.3 Å². The zero-order chi connectivity index (χ0) is 18.1. The molecule has 0 bridgehead atoms. The minimum Gasteiger partial charge on any atom is -0.480 e. The van der Waals surface area contributed by atoms with Gasteiger partial charge in [-0.05, 0) is 5.56 Å². The van der Waals surface area contributed by atoms with Crippen LogP contribution in [0.5, 0.6) is 0 Å². The fourth-order valence-corrected chi connectivity index (χ4v) is 1.67. The highest BCUT2D eigenvalue weighted by Gasteiger charge is 2.27. The zero-order valence-electron chi connectivity index (χ0n) is 13.0. The number of benzene rings is 1. The summed E-state index contributed by atoms with van der Waals surface area (Å²) in [5.74, 6) is -1.65. The standard InChI is InChI=1S/C14H19N5O5/c1-19(14(23)24-8-9-5-3-2-4-6-9)10(11(20)21)7-17-12(15)18-13(16)22/h2-6,10H,7-8H2,1H3,(H,20,21)(H5,15,16,17,18,22). The second kappa shape index (κ2) is 8.98. The molecule has 130 valence electrons. The highest BCUT2D eigenvalue weighted by Crippen LogP contribution is 2.05. The van der Waals surface area contributed by atoms with E-state index in [1.807, 2.05) is 11.4 Å². The topological polar surface area (TPSA) is 160 Å². The van der Waals surface area contributed by atoms with Crippen LogP contribution in [0.2, 0.25) is 0 Å². The van der Waals surface area contributed by atoms with E-state index in [2.05, 4.69) is 4.99 Å². The lowest BCUT2D eigenvalue weighted by atomic mass is 10.2. The van der Waals surface area contributed by atoms with Crippen LogP contribution in [0, 0.1) is 0 Å². The summed E-state index contributed by atoms with van der Waals surface area (Å²) in [5.41, 5.74) is 11.0. The van der Waals surface area contributed by atoms with Gasteiger partial charge in [0, 0.05) is 7.05 Å². The average molecular weight is 337 g/mol. The molecule has 0 aromatic heterocycles. The number of likely N-dealkylation sites (N-methyl/N-ethyl adjacent to an activating group) is 1. The second-order valence-corrected chi connectivity index (χ2v) is 4.72. The van der Waals surface area contributed by atoms with Gasteiger partial charge in [-0.2, -0.15) is 0 Å². The van der Waals surface area contributed by atoms with Crippen molar-refractivity contribution in [1.82, 2.24) is 10.2 Å². The maximum atomic E-state index is 12.0. The van der Waals surface area contributed by atoms with Gasteiger partial charge in [0.05, 0.1) is 6.54 Å². The summed E-state index contributed by atoms with van der Waals surface area (Å²) >= 11 is 0. The number of carbonyl (C=O) groups is 3. The number of hydrogen-bond acceptors (Lipinski definition) is 5. The van der Waals surface area contributed by atoms with E-state index in [-0.39, 0.29) is 19.1 Å². The Bertz CT molecular complexity index is 619. The average Bonchev–Trinajstić information content (AvgIpc) is 2.52. The molecule has 1 rings (SSSR count). The largest absolute Gasteiger partial charge is 0.480 e. The van der Waals surface area contributed by atoms with E-state index in [9.17, 15) is 19.5 Å². The van der Waals surface area contributed by atoms with Crippen LogP contribution < -0.4 is 16.8 Å². The first-order valence-electron chi connectivity index (χ1n) is 6.84. The smallest absolute Gasteiger partial charge is 0.410 e. The minimum atomic E-state index is -1.32. The molecule has 0 heterocycles. The second-order valence-electron chi connectivity index (χ2n) is 4.72. The Morgan fingerprint density at radius 3 is 2.46 bits per heavy atom. The van der Waals surface area contributed by atoms with Crippen molar-refractivity contribution < 1.29 is 24.2 Å². The highest BCUT2D eigenvalue weighted by atomic mass is 16.6. The summed E-state index contributed by atoms with van der Waals surface area (Å²) < 4.78 is 5.05. The van der Waals surface area contributed by atoms with Gasteiger partial charge >= 0.3 is 18.1 Å². The van der Waals surface area contributed by atoms with Crippen molar-refractivity contribution in [3.63, 3.8) is 0 Å². The van der Waals surface area contributed by atoms with Crippen LogP contribution in [0.15, 0.2) is 35.3 Å². The molecule has 1 aromatic carbocycles. The summed E-state index contributed by atoms with van der Waals surface area (Å²) in [6.07, 6.45) is -0.831. The van der Waals surface area contributed by atoms with Gasteiger partial charge in [0.2, 0.25) is 0 Å². The molecule has 0 radical (unpaired) electrons. The molecule has 0 aliphatic heterocycles. The predicted molar refractivity (Wildman–Crippen MR) is 85.0 cm³/mol. The van der Waals surface area contributed by atoms with Crippen molar-refractivity contribution in [2.75, 3.05) is 13.6 Å². The van der Waals surface area contributed by atoms with Crippen LogP contribution >= 0.6 is 0 Å². The molecule has 24 heavy (non-hydrogen) atoms. The molecule has 6 N–H and O–H groups in total. The van der Waals surface area contributed by atoms with Crippen LogP contribution in [-0.2, 0) is 16.1 Å². The molecule has 3 amide bonds. The third-order valence-corrected chi connectivity index (χ3v) is 2.93. The number of guanidine groups is 1. The van der Waals surface area contributed by atoms with E-state index in [1.165, 1.54) is 7.05 Å².